The van der Waals surface area contributed by atoms with Gasteiger partial charge >= 0.3 is 0 Å². The van der Waals surface area contributed by atoms with Gasteiger partial charge in [0.15, 0.2) is 6.10 Å². The third-order valence-electron chi connectivity index (χ3n) is 3.85. The molecule has 1 aromatic rings. The Bertz CT molecular complexity index is 414. The highest BCUT2D eigenvalue weighted by Crippen LogP contribution is 2.11. The Hall–Kier alpha value is -1.55. The number of rotatable bonds is 6. The van der Waals surface area contributed by atoms with Crippen LogP contribution in [0.3, 0.4) is 0 Å². The zero-order chi connectivity index (χ0) is 14.9. The van der Waals surface area contributed by atoms with Gasteiger partial charge in [-0.1, -0.05) is 31.0 Å². The van der Waals surface area contributed by atoms with Crippen LogP contribution in [0.2, 0.25) is 0 Å². The summed E-state index contributed by atoms with van der Waals surface area (Å²) in [5, 5.41) is 2.96. The number of ether oxygens (including phenoxy) is 1. The summed E-state index contributed by atoms with van der Waals surface area (Å²) in [6.45, 7) is 5.73. The highest BCUT2D eigenvalue weighted by molar-refractivity contribution is 5.80. The zero-order valence-corrected chi connectivity index (χ0v) is 12.9. The van der Waals surface area contributed by atoms with Crippen molar-refractivity contribution in [3.8, 4) is 5.75 Å². The molecule has 4 nitrogen and oxygen atoms in total. The number of para-hydroxylation sites is 1. The summed E-state index contributed by atoms with van der Waals surface area (Å²) < 4.78 is 5.61. The molecule has 0 radical (unpaired) electrons. The van der Waals surface area contributed by atoms with Crippen molar-refractivity contribution in [1.82, 2.24) is 10.2 Å². The Morgan fingerprint density at radius 2 is 1.86 bits per heavy atom. The lowest BCUT2D eigenvalue weighted by molar-refractivity contribution is -0.127. The van der Waals surface area contributed by atoms with Gasteiger partial charge in [-0.25, -0.2) is 0 Å². The van der Waals surface area contributed by atoms with Gasteiger partial charge in [-0.15, -0.1) is 0 Å². The van der Waals surface area contributed by atoms with Gasteiger partial charge in [0.25, 0.3) is 5.91 Å². The lowest BCUT2D eigenvalue weighted by Crippen LogP contribution is -2.41. The van der Waals surface area contributed by atoms with Gasteiger partial charge in [0, 0.05) is 13.1 Å². The lowest BCUT2D eigenvalue weighted by atomic mass is 10.2. The molecule has 1 aliphatic rings. The van der Waals surface area contributed by atoms with Crippen molar-refractivity contribution in [3.63, 3.8) is 0 Å². The van der Waals surface area contributed by atoms with E-state index in [9.17, 15) is 4.79 Å². The molecule has 1 unspecified atom stereocenters. The molecule has 1 aliphatic heterocycles. The highest BCUT2D eigenvalue weighted by atomic mass is 16.5. The van der Waals surface area contributed by atoms with Crippen molar-refractivity contribution in [2.75, 3.05) is 26.2 Å². The first-order chi connectivity index (χ1) is 10.3. The number of hydrogen-bond acceptors (Lipinski definition) is 3. The first kappa shape index (κ1) is 15.8. The Kier molecular flexibility index (Phi) is 6.54. The standard InChI is InChI=1S/C17H26N2O2/c1-15(21-16-9-5-4-6-10-16)17(20)18-11-14-19-12-7-2-3-8-13-19/h4-6,9-10,15H,2-3,7-8,11-14H2,1H3,(H,18,20). The fraction of sp³-hybridized carbons (Fsp3) is 0.588. The average Bonchev–Trinajstić information content (AvgIpc) is 2.77. The second-order valence-electron chi connectivity index (χ2n) is 5.62. The van der Waals surface area contributed by atoms with E-state index in [4.69, 9.17) is 4.74 Å². The smallest absolute Gasteiger partial charge is 0.260 e. The van der Waals surface area contributed by atoms with Crippen LogP contribution in [-0.4, -0.2) is 43.1 Å². The van der Waals surface area contributed by atoms with E-state index in [0.717, 1.165) is 25.4 Å². The van der Waals surface area contributed by atoms with Crippen molar-refractivity contribution in [3.05, 3.63) is 30.3 Å². The van der Waals surface area contributed by atoms with Gasteiger partial charge in [0.1, 0.15) is 5.75 Å². The lowest BCUT2D eigenvalue weighted by Gasteiger charge is -2.20. The molecule has 1 fully saturated rings. The number of carbonyl (C=O) groups is 1. The van der Waals surface area contributed by atoms with Gasteiger partial charge in [0.2, 0.25) is 0 Å². The molecule has 4 heteroatoms. The third kappa shape index (κ3) is 5.76. The topological polar surface area (TPSA) is 41.6 Å². The summed E-state index contributed by atoms with van der Waals surface area (Å²) in [7, 11) is 0. The molecule has 0 bridgehead atoms. The predicted octanol–water partition coefficient (Wildman–Crippen LogP) is 2.45. The van der Waals surface area contributed by atoms with Crippen LogP contribution < -0.4 is 10.1 Å². The summed E-state index contributed by atoms with van der Waals surface area (Å²) in [6, 6.07) is 9.46. The van der Waals surface area contributed by atoms with Crippen LogP contribution in [0.15, 0.2) is 30.3 Å². The van der Waals surface area contributed by atoms with E-state index < -0.39 is 6.10 Å². The summed E-state index contributed by atoms with van der Waals surface area (Å²) in [6.07, 6.45) is 4.77. The van der Waals surface area contributed by atoms with Crippen LogP contribution in [0.5, 0.6) is 5.75 Å². The minimum Gasteiger partial charge on any atom is -0.481 e. The van der Waals surface area contributed by atoms with Crippen molar-refractivity contribution in [2.45, 2.75) is 38.7 Å². The molecule has 0 aromatic heterocycles. The number of carbonyl (C=O) groups excluding carboxylic acids is 1. The average molecular weight is 290 g/mol. The van der Waals surface area contributed by atoms with Crippen LogP contribution in [0.4, 0.5) is 0 Å². The van der Waals surface area contributed by atoms with Crippen LogP contribution in [-0.2, 0) is 4.79 Å². The minimum atomic E-state index is -0.462. The maximum atomic E-state index is 12.0. The molecular weight excluding hydrogens is 264 g/mol. The number of amides is 1. The quantitative estimate of drug-likeness (QED) is 0.875. The second kappa shape index (κ2) is 8.67. The van der Waals surface area contributed by atoms with Crippen molar-refractivity contribution in [2.24, 2.45) is 0 Å². The summed E-state index contributed by atoms with van der Waals surface area (Å²) in [4.78, 5) is 14.4. The fourth-order valence-corrected chi connectivity index (χ4v) is 2.60. The number of nitrogens with zero attached hydrogens (tertiary/aromatic N) is 1. The van der Waals surface area contributed by atoms with E-state index in [2.05, 4.69) is 10.2 Å². The molecule has 0 spiro atoms. The van der Waals surface area contributed by atoms with E-state index in [1.807, 2.05) is 30.3 Å². The SMILES string of the molecule is CC(Oc1ccccc1)C(=O)NCCN1CCCCCC1. The summed E-state index contributed by atoms with van der Waals surface area (Å²) in [5.41, 5.74) is 0. The summed E-state index contributed by atoms with van der Waals surface area (Å²) >= 11 is 0. The Morgan fingerprint density at radius 1 is 1.19 bits per heavy atom. The zero-order valence-electron chi connectivity index (χ0n) is 12.9. The Morgan fingerprint density at radius 3 is 2.52 bits per heavy atom. The Balaban J connectivity index is 1.66. The first-order valence-electron chi connectivity index (χ1n) is 7.97. The second-order valence-corrected chi connectivity index (χ2v) is 5.62. The van der Waals surface area contributed by atoms with Crippen molar-refractivity contribution >= 4 is 5.91 Å². The molecule has 1 N–H and O–H groups in total. The van der Waals surface area contributed by atoms with E-state index in [1.165, 1.54) is 25.7 Å². The van der Waals surface area contributed by atoms with E-state index in [1.54, 1.807) is 6.92 Å². The molecule has 2 rings (SSSR count). The molecule has 0 aliphatic carbocycles. The van der Waals surface area contributed by atoms with Gasteiger partial charge in [-0.3, -0.25) is 4.79 Å². The van der Waals surface area contributed by atoms with E-state index >= 15 is 0 Å². The van der Waals surface area contributed by atoms with Gasteiger partial charge in [-0.2, -0.15) is 0 Å². The van der Waals surface area contributed by atoms with Gasteiger partial charge in [0.05, 0.1) is 0 Å². The molecular formula is C17H26N2O2. The number of likely N-dealkylation sites (tertiary alicyclic amines) is 1. The van der Waals surface area contributed by atoms with E-state index in [-0.39, 0.29) is 5.91 Å². The molecule has 21 heavy (non-hydrogen) atoms. The molecule has 1 atom stereocenters. The fourth-order valence-electron chi connectivity index (χ4n) is 2.60. The van der Waals surface area contributed by atoms with Crippen LogP contribution in [0.1, 0.15) is 32.6 Å². The number of hydrogen-bond donors (Lipinski definition) is 1. The molecule has 1 heterocycles. The Labute approximate surface area is 127 Å². The van der Waals surface area contributed by atoms with Crippen molar-refractivity contribution < 1.29 is 9.53 Å². The largest absolute Gasteiger partial charge is 0.481 e. The molecule has 1 saturated heterocycles. The maximum Gasteiger partial charge on any atom is 0.260 e. The van der Waals surface area contributed by atoms with E-state index in [0.29, 0.717) is 6.54 Å². The predicted molar refractivity (Wildman–Crippen MR) is 84.4 cm³/mol. The summed E-state index contributed by atoms with van der Waals surface area (Å²) in [5.74, 6) is 0.682. The molecule has 0 saturated carbocycles. The van der Waals surface area contributed by atoms with Crippen molar-refractivity contribution in [1.29, 1.82) is 0 Å². The van der Waals surface area contributed by atoms with Crippen LogP contribution in [0.25, 0.3) is 0 Å². The highest BCUT2D eigenvalue weighted by Gasteiger charge is 2.15. The molecule has 1 amide bonds. The normalized spacial score (nSPS) is 17.8. The van der Waals surface area contributed by atoms with Gasteiger partial charge in [-0.05, 0) is 45.0 Å². The minimum absolute atomic E-state index is 0.0475. The first-order valence-corrected chi connectivity index (χ1v) is 7.97. The number of benzene rings is 1. The van der Waals surface area contributed by atoms with Crippen LogP contribution in [0, 0.1) is 0 Å². The molecule has 116 valence electrons. The maximum absolute atomic E-state index is 12.0. The van der Waals surface area contributed by atoms with Crippen LogP contribution >= 0.6 is 0 Å². The number of nitrogens with one attached hydrogen (secondary N) is 1. The monoisotopic (exact) mass is 290 g/mol. The third-order valence-corrected chi connectivity index (χ3v) is 3.85. The molecule has 1 aromatic carbocycles. The van der Waals surface area contributed by atoms with Gasteiger partial charge < -0.3 is 15.0 Å².